The summed E-state index contributed by atoms with van der Waals surface area (Å²) in [5.74, 6) is -0.530. The zero-order valence-corrected chi connectivity index (χ0v) is 33.6. The van der Waals surface area contributed by atoms with Gasteiger partial charge in [-0.3, -0.25) is 30.5 Å². The molecule has 3 aromatic carbocycles. The molecule has 1 heterocycles. The molecule has 4 rings (SSSR count). The van der Waals surface area contributed by atoms with Crippen LogP contribution in [-0.2, 0) is 53.2 Å². The molecule has 1 unspecified atom stereocenters. The van der Waals surface area contributed by atoms with Gasteiger partial charge in [0.1, 0.15) is 12.6 Å². The highest BCUT2D eigenvalue weighted by Crippen LogP contribution is 2.31. The molecular weight excluding hydrogens is 770 g/mol. The van der Waals surface area contributed by atoms with Crippen molar-refractivity contribution in [2.24, 2.45) is 5.92 Å². The predicted octanol–water partition coefficient (Wildman–Crippen LogP) is 6.66. The minimum Gasteiger partial charge on any atom is -0.464 e. The normalized spacial score (nSPS) is 12.5. The Morgan fingerprint density at radius 1 is 0.729 bits per heavy atom. The summed E-state index contributed by atoms with van der Waals surface area (Å²) < 4.78 is 16.2. The molecule has 320 valence electrons. The molecule has 4 N–H and O–H groups in total. The van der Waals surface area contributed by atoms with Gasteiger partial charge in [0.15, 0.2) is 0 Å². The molecule has 1 amide bonds. The molecule has 0 aliphatic heterocycles. The molecule has 2 atom stereocenters. The van der Waals surface area contributed by atoms with Crippen molar-refractivity contribution in [3.05, 3.63) is 89.5 Å². The lowest BCUT2D eigenvalue weighted by molar-refractivity contribution is -0.497. The summed E-state index contributed by atoms with van der Waals surface area (Å²) >= 11 is 0. The standard InChI is InChI=1S/C40H53N7O12/c1-5-6-14-36(48)44(37(28(2)3)39(49)55-23-10-7-11-24-57-46(51)52)25-30-19-21-33(22-20-30)34-12-8-9-13-35(34)38-41-43-45(42-38)29(4)59-40(50)56-26-31-15-17-32(18-16-31)27-58-47(53)54/h8-9,12-13,15-22,28-29,37,51-54H,5-7,10-11,14,23-27H2,1-4H3/t29?,37-/m0/s1. The Balaban J connectivity index is 1.40. The second kappa shape index (κ2) is 23.9. The summed E-state index contributed by atoms with van der Waals surface area (Å²) in [5.41, 5.74) is 4.48. The van der Waals surface area contributed by atoms with E-state index in [-0.39, 0.29) is 55.6 Å². The van der Waals surface area contributed by atoms with Crippen molar-refractivity contribution in [3.63, 3.8) is 0 Å². The van der Waals surface area contributed by atoms with E-state index in [0.717, 1.165) is 27.9 Å². The number of carbonyl (C=O) groups excluding carboxylic acids is 3. The van der Waals surface area contributed by atoms with E-state index in [4.69, 9.17) is 35.0 Å². The highest BCUT2D eigenvalue weighted by atomic mass is 17.1. The Morgan fingerprint density at radius 3 is 2.00 bits per heavy atom. The highest BCUT2D eigenvalue weighted by molar-refractivity contribution is 5.85. The van der Waals surface area contributed by atoms with E-state index in [0.29, 0.717) is 54.6 Å². The molecule has 59 heavy (non-hydrogen) atoms. The van der Waals surface area contributed by atoms with E-state index in [1.165, 1.54) is 0 Å². The van der Waals surface area contributed by atoms with Gasteiger partial charge in [0.2, 0.25) is 18.0 Å². The van der Waals surface area contributed by atoms with E-state index < -0.39 is 24.4 Å². The highest BCUT2D eigenvalue weighted by Gasteiger charge is 2.33. The van der Waals surface area contributed by atoms with Crippen molar-refractivity contribution in [3.8, 4) is 22.5 Å². The number of esters is 1. The first-order valence-corrected chi connectivity index (χ1v) is 19.3. The van der Waals surface area contributed by atoms with Crippen LogP contribution in [0.25, 0.3) is 22.5 Å². The van der Waals surface area contributed by atoms with E-state index in [9.17, 15) is 14.4 Å². The number of benzene rings is 3. The molecule has 1 aromatic heterocycles. The van der Waals surface area contributed by atoms with E-state index in [1.807, 2.05) is 69.3 Å². The van der Waals surface area contributed by atoms with Gasteiger partial charge in [0.25, 0.3) is 0 Å². The summed E-state index contributed by atoms with van der Waals surface area (Å²) in [6.07, 6.45) is 1.64. The van der Waals surface area contributed by atoms with Gasteiger partial charge in [-0.25, -0.2) is 14.4 Å². The summed E-state index contributed by atoms with van der Waals surface area (Å²) in [7, 11) is 0. The summed E-state index contributed by atoms with van der Waals surface area (Å²) in [5, 5.41) is 46.7. The quantitative estimate of drug-likeness (QED) is 0.0329. The zero-order chi connectivity index (χ0) is 42.7. The first-order chi connectivity index (χ1) is 28.4. The molecule has 0 saturated carbocycles. The fourth-order valence-corrected chi connectivity index (χ4v) is 5.99. The fraction of sp³-hybridized carbons (Fsp3) is 0.450. The average Bonchev–Trinajstić information content (AvgIpc) is 3.72. The van der Waals surface area contributed by atoms with Crippen molar-refractivity contribution in [2.75, 3.05) is 13.2 Å². The smallest absolute Gasteiger partial charge is 0.464 e. The van der Waals surface area contributed by atoms with Crippen LogP contribution >= 0.6 is 0 Å². The monoisotopic (exact) mass is 823 g/mol. The van der Waals surface area contributed by atoms with E-state index in [2.05, 4.69) is 25.1 Å². The Hall–Kier alpha value is -5.38. The lowest BCUT2D eigenvalue weighted by atomic mass is 9.97. The van der Waals surface area contributed by atoms with Gasteiger partial charge in [0.05, 0.1) is 30.6 Å². The van der Waals surface area contributed by atoms with Crippen LogP contribution < -0.4 is 0 Å². The zero-order valence-electron chi connectivity index (χ0n) is 33.6. The van der Waals surface area contributed by atoms with Crippen molar-refractivity contribution >= 4 is 18.0 Å². The molecule has 0 bridgehead atoms. The Kier molecular flexibility index (Phi) is 18.7. The van der Waals surface area contributed by atoms with Gasteiger partial charge in [0, 0.05) is 18.5 Å². The molecule has 0 spiro atoms. The van der Waals surface area contributed by atoms with Crippen LogP contribution in [0.2, 0.25) is 0 Å². The topological polar surface area (TPSA) is 232 Å². The third-order valence-electron chi connectivity index (χ3n) is 9.05. The molecule has 0 saturated heterocycles. The van der Waals surface area contributed by atoms with Crippen molar-refractivity contribution in [1.29, 1.82) is 0 Å². The minimum absolute atomic E-state index is 0.0690. The van der Waals surface area contributed by atoms with Crippen LogP contribution in [0.4, 0.5) is 4.79 Å². The lowest BCUT2D eigenvalue weighted by Gasteiger charge is -2.33. The van der Waals surface area contributed by atoms with Crippen LogP contribution in [0.1, 0.15) is 89.1 Å². The van der Waals surface area contributed by atoms with E-state index in [1.54, 1.807) is 36.1 Å². The van der Waals surface area contributed by atoms with Gasteiger partial charge in [-0.1, -0.05) is 100.0 Å². The Morgan fingerprint density at radius 2 is 1.36 bits per heavy atom. The van der Waals surface area contributed by atoms with Crippen molar-refractivity contribution in [1.82, 2.24) is 35.9 Å². The SMILES string of the molecule is CCCCC(=O)N(Cc1ccc(-c2ccccc2-c2nnn(C(C)OC(=O)OCc3ccc(CON(O)O)cc3)n2)cc1)[C@H](C(=O)OCCCCCON(O)O)C(C)C. The third-order valence-corrected chi connectivity index (χ3v) is 9.05. The molecule has 19 nitrogen and oxygen atoms in total. The van der Waals surface area contributed by atoms with Gasteiger partial charge < -0.3 is 19.1 Å². The van der Waals surface area contributed by atoms with Gasteiger partial charge in [-0.05, 0) is 71.6 Å². The lowest BCUT2D eigenvalue weighted by Crippen LogP contribution is -2.48. The maximum Gasteiger partial charge on any atom is 0.510 e. The maximum atomic E-state index is 13.6. The summed E-state index contributed by atoms with van der Waals surface area (Å²) in [6.45, 7) is 7.66. The van der Waals surface area contributed by atoms with Crippen LogP contribution in [0.3, 0.4) is 0 Å². The number of rotatable bonds is 24. The maximum absolute atomic E-state index is 13.6. The summed E-state index contributed by atoms with van der Waals surface area (Å²) in [6, 6.07) is 21.1. The van der Waals surface area contributed by atoms with Gasteiger partial charge in [-0.2, -0.15) is 0 Å². The predicted molar refractivity (Wildman–Crippen MR) is 206 cm³/mol. The summed E-state index contributed by atoms with van der Waals surface area (Å²) in [4.78, 5) is 51.4. The molecule has 0 aliphatic carbocycles. The number of nitrogens with zero attached hydrogens (tertiary/aromatic N) is 7. The number of amides is 1. The number of tetrazole rings is 1. The minimum atomic E-state index is -0.948. The molecule has 0 fully saturated rings. The largest absolute Gasteiger partial charge is 0.510 e. The first-order valence-electron chi connectivity index (χ1n) is 19.3. The third kappa shape index (κ3) is 15.1. The fourth-order valence-electron chi connectivity index (χ4n) is 5.99. The van der Waals surface area contributed by atoms with Crippen molar-refractivity contribution in [2.45, 2.75) is 98.2 Å². The van der Waals surface area contributed by atoms with Crippen molar-refractivity contribution < 1.29 is 59.1 Å². The Labute approximate surface area is 341 Å². The van der Waals surface area contributed by atoms with Gasteiger partial charge >= 0.3 is 12.1 Å². The second-order valence-corrected chi connectivity index (χ2v) is 13.9. The second-order valence-electron chi connectivity index (χ2n) is 13.9. The number of hydrogen-bond acceptors (Lipinski definition) is 17. The number of aromatic nitrogens is 4. The molecule has 0 radical (unpaired) electrons. The number of ether oxygens (including phenoxy) is 3. The first kappa shape index (κ1) is 46.3. The molecule has 4 aromatic rings. The van der Waals surface area contributed by atoms with Crippen LogP contribution in [0, 0.1) is 5.92 Å². The van der Waals surface area contributed by atoms with E-state index >= 15 is 0 Å². The number of hydrogen-bond donors (Lipinski definition) is 4. The Bertz CT molecular complexity index is 1890. The van der Waals surface area contributed by atoms with Crippen LogP contribution in [0.15, 0.2) is 72.8 Å². The van der Waals surface area contributed by atoms with Crippen LogP contribution in [-0.4, -0.2) is 94.0 Å². The molecular formula is C40H53N7O12. The molecule has 0 aliphatic rings. The van der Waals surface area contributed by atoms with Crippen LogP contribution in [0.5, 0.6) is 0 Å². The van der Waals surface area contributed by atoms with Gasteiger partial charge in [-0.15, -0.1) is 15.0 Å². The molecule has 19 heteroatoms. The average molecular weight is 824 g/mol. The number of unbranched alkanes of at least 4 members (excludes halogenated alkanes) is 3. The number of carbonyl (C=O) groups is 3.